The molecule has 0 bridgehead atoms. The van der Waals surface area contributed by atoms with Gasteiger partial charge in [-0.05, 0) is 18.2 Å². The lowest BCUT2D eigenvalue weighted by Crippen LogP contribution is -2.08. The van der Waals surface area contributed by atoms with Gasteiger partial charge in [0.15, 0.2) is 17.8 Å². The monoisotopic (exact) mass is 391 g/mol. The molecule has 8 nitrogen and oxygen atoms in total. The van der Waals surface area contributed by atoms with Crippen molar-refractivity contribution in [2.45, 2.75) is 13.8 Å². The Morgan fingerprint density at radius 3 is 2.69 bits per heavy atom. The van der Waals surface area contributed by atoms with Crippen LogP contribution in [0.4, 0.5) is 17.2 Å². The Kier molecular flexibility index (Phi) is 5.92. The summed E-state index contributed by atoms with van der Waals surface area (Å²) in [6.07, 6.45) is 7.81. The molecule has 1 N–H and O–H groups in total. The Morgan fingerprint density at radius 1 is 1.17 bits per heavy atom. The number of benzene rings is 1. The summed E-state index contributed by atoms with van der Waals surface area (Å²) in [5, 5.41) is 7.51. The molecule has 0 saturated heterocycles. The van der Waals surface area contributed by atoms with Crippen molar-refractivity contribution in [3.63, 3.8) is 0 Å². The first-order valence-corrected chi connectivity index (χ1v) is 9.42. The first-order chi connectivity index (χ1) is 14.1. The molecule has 0 atom stereocenters. The summed E-state index contributed by atoms with van der Waals surface area (Å²) in [5.41, 5.74) is 4.57. The van der Waals surface area contributed by atoms with E-state index in [-0.39, 0.29) is 0 Å². The fourth-order valence-electron chi connectivity index (χ4n) is 3.00. The molecule has 0 aliphatic heterocycles. The molecule has 0 unspecified atom stereocenters. The highest BCUT2D eigenvalue weighted by atomic mass is 16.1. The van der Waals surface area contributed by atoms with Gasteiger partial charge in [0.05, 0.1) is 11.9 Å². The van der Waals surface area contributed by atoms with E-state index in [1.807, 2.05) is 67.7 Å². The molecule has 150 valence electrons. The van der Waals surface area contributed by atoms with Gasteiger partial charge in [0.25, 0.3) is 0 Å². The van der Waals surface area contributed by atoms with Crippen molar-refractivity contribution >= 4 is 29.1 Å². The van der Waals surface area contributed by atoms with Crippen molar-refractivity contribution in [3.8, 4) is 11.3 Å². The van der Waals surface area contributed by atoms with Crippen LogP contribution in [0.3, 0.4) is 0 Å². The Hall–Kier alpha value is -3.68. The zero-order valence-corrected chi connectivity index (χ0v) is 17.3. The van der Waals surface area contributed by atoms with Crippen molar-refractivity contribution in [1.82, 2.24) is 24.1 Å². The van der Waals surface area contributed by atoms with Crippen molar-refractivity contribution < 1.29 is 4.79 Å². The number of carbonyl (C=O) groups is 1. The van der Waals surface area contributed by atoms with Crippen molar-refractivity contribution in [3.05, 3.63) is 54.7 Å². The van der Waals surface area contributed by atoms with E-state index in [1.54, 1.807) is 30.3 Å². The summed E-state index contributed by atoms with van der Waals surface area (Å²) < 4.78 is 3.51. The summed E-state index contributed by atoms with van der Waals surface area (Å²) >= 11 is 0. The second-order valence-corrected chi connectivity index (χ2v) is 6.40. The second-order valence-electron chi connectivity index (χ2n) is 6.40. The van der Waals surface area contributed by atoms with Crippen LogP contribution in [0.25, 0.3) is 16.9 Å². The van der Waals surface area contributed by atoms with Crippen LogP contribution in [0.2, 0.25) is 0 Å². The van der Waals surface area contributed by atoms with Crippen LogP contribution in [0.1, 0.15) is 24.3 Å². The van der Waals surface area contributed by atoms with Gasteiger partial charge < -0.3 is 10.2 Å². The number of aromatic nitrogens is 5. The van der Waals surface area contributed by atoms with E-state index in [9.17, 15) is 4.79 Å². The molecule has 4 aromatic rings. The zero-order valence-electron chi connectivity index (χ0n) is 17.3. The maximum Gasteiger partial charge on any atom is 0.180 e. The minimum Gasteiger partial charge on any atom is -0.378 e. The molecule has 0 radical (unpaired) electrons. The minimum absolute atomic E-state index is 0.379. The lowest BCUT2D eigenvalue weighted by Gasteiger charge is -2.14. The number of nitrogens with one attached hydrogen (secondary N) is 1. The summed E-state index contributed by atoms with van der Waals surface area (Å²) in [5.74, 6) is 0.635. The largest absolute Gasteiger partial charge is 0.378 e. The van der Waals surface area contributed by atoms with Gasteiger partial charge in [-0.15, -0.1) is 0 Å². The molecule has 4 rings (SSSR count). The third-order valence-electron chi connectivity index (χ3n) is 4.30. The highest BCUT2D eigenvalue weighted by molar-refractivity contribution is 5.85. The third kappa shape index (κ3) is 3.96. The van der Waals surface area contributed by atoms with Crippen LogP contribution in [0.5, 0.6) is 0 Å². The molecule has 0 aliphatic carbocycles. The number of nitrogens with zero attached hydrogens (tertiary/aromatic N) is 6. The van der Waals surface area contributed by atoms with E-state index in [4.69, 9.17) is 0 Å². The SMILES string of the molecule is CC.CN(C)c1cccc(Nc2nccn3c(-c4cn(C)nc4C=O)cnc23)c1. The predicted octanol–water partition coefficient (Wildman–Crippen LogP) is 3.78. The molecule has 3 aromatic heterocycles. The number of rotatable bonds is 5. The van der Waals surface area contributed by atoms with Gasteiger partial charge in [0, 0.05) is 56.7 Å². The van der Waals surface area contributed by atoms with Crippen LogP contribution in [-0.2, 0) is 7.05 Å². The van der Waals surface area contributed by atoms with E-state index in [0.717, 1.165) is 28.9 Å². The van der Waals surface area contributed by atoms with E-state index >= 15 is 0 Å². The molecular formula is C21H25N7O. The minimum atomic E-state index is 0.379. The molecule has 0 saturated carbocycles. The van der Waals surface area contributed by atoms with Crippen LogP contribution < -0.4 is 10.2 Å². The Bertz CT molecular complexity index is 1130. The molecular weight excluding hydrogens is 366 g/mol. The van der Waals surface area contributed by atoms with E-state index in [0.29, 0.717) is 17.2 Å². The standard InChI is InChI=1S/C19H19N7O.C2H6/c1-24(2)14-6-4-5-13(9-14)22-18-19-21-10-17(26(19)8-7-20-18)15-11-25(3)23-16(15)12-27;1-2/h4-12H,1-3H3,(H,20,22);1-2H3. The Morgan fingerprint density at radius 2 is 1.97 bits per heavy atom. The Balaban J connectivity index is 0.00000117. The molecule has 3 heterocycles. The number of aldehydes is 1. The van der Waals surface area contributed by atoms with Crippen molar-refractivity contribution in [2.75, 3.05) is 24.3 Å². The molecule has 0 amide bonds. The number of anilines is 3. The Labute approximate surface area is 169 Å². The number of fused-ring (bicyclic) bond motifs is 1. The number of aryl methyl sites for hydroxylation is 1. The van der Waals surface area contributed by atoms with Gasteiger partial charge in [-0.25, -0.2) is 9.97 Å². The van der Waals surface area contributed by atoms with Crippen LogP contribution >= 0.6 is 0 Å². The third-order valence-corrected chi connectivity index (χ3v) is 4.30. The lowest BCUT2D eigenvalue weighted by molar-refractivity contribution is 0.111. The fraction of sp³-hybridized carbons (Fsp3) is 0.238. The van der Waals surface area contributed by atoms with E-state index in [2.05, 4.69) is 20.4 Å². The van der Waals surface area contributed by atoms with Gasteiger partial charge in [0.2, 0.25) is 0 Å². The molecule has 0 fully saturated rings. The van der Waals surface area contributed by atoms with E-state index < -0.39 is 0 Å². The second kappa shape index (κ2) is 8.55. The number of imidazole rings is 1. The highest BCUT2D eigenvalue weighted by Gasteiger charge is 2.16. The topological polar surface area (TPSA) is 80.4 Å². The smallest absolute Gasteiger partial charge is 0.180 e. The van der Waals surface area contributed by atoms with Gasteiger partial charge in [0.1, 0.15) is 5.69 Å². The maximum atomic E-state index is 11.3. The van der Waals surface area contributed by atoms with Gasteiger partial charge in [-0.3, -0.25) is 13.9 Å². The summed E-state index contributed by atoms with van der Waals surface area (Å²) in [6.45, 7) is 4.00. The average Bonchev–Trinajstić information content (AvgIpc) is 3.33. The fourth-order valence-corrected chi connectivity index (χ4v) is 3.00. The van der Waals surface area contributed by atoms with Crippen molar-refractivity contribution in [2.24, 2.45) is 7.05 Å². The first-order valence-electron chi connectivity index (χ1n) is 9.42. The molecule has 8 heteroatoms. The molecule has 29 heavy (non-hydrogen) atoms. The quantitative estimate of drug-likeness (QED) is 0.522. The van der Waals surface area contributed by atoms with Gasteiger partial charge in [-0.1, -0.05) is 19.9 Å². The lowest BCUT2D eigenvalue weighted by atomic mass is 10.2. The summed E-state index contributed by atoms with van der Waals surface area (Å²) in [6, 6.07) is 8.05. The normalized spacial score (nSPS) is 10.4. The number of hydrogen-bond donors (Lipinski definition) is 1. The van der Waals surface area contributed by atoms with Gasteiger partial charge >= 0.3 is 0 Å². The highest BCUT2D eigenvalue weighted by Crippen LogP contribution is 2.27. The number of carbonyl (C=O) groups excluding carboxylic acids is 1. The first kappa shape index (κ1) is 20.1. The molecule has 0 spiro atoms. The van der Waals surface area contributed by atoms with E-state index in [1.165, 1.54) is 0 Å². The summed E-state index contributed by atoms with van der Waals surface area (Å²) in [7, 11) is 5.78. The predicted molar refractivity (Wildman–Crippen MR) is 116 cm³/mol. The average molecular weight is 391 g/mol. The summed E-state index contributed by atoms with van der Waals surface area (Å²) in [4.78, 5) is 22.3. The van der Waals surface area contributed by atoms with Gasteiger partial charge in [-0.2, -0.15) is 5.10 Å². The van der Waals surface area contributed by atoms with Crippen molar-refractivity contribution in [1.29, 1.82) is 0 Å². The van der Waals surface area contributed by atoms with Crippen LogP contribution in [0.15, 0.2) is 49.1 Å². The zero-order chi connectivity index (χ0) is 21.0. The molecule has 1 aromatic carbocycles. The van der Waals surface area contributed by atoms with Crippen LogP contribution in [0, 0.1) is 0 Å². The maximum absolute atomic E-state index is 11.3. The van der Waals surface area contributed by atoms with Crippen LogP contribution in [-0.4, -0.2) is 44.5 Å². The number of hydrogen-bond acceptors (Lipinski definition) is 6. The molecule has 0 aliphatic rings.